The minimum Gasteiger partial charge on any atom is -0.870 e. The predicted molar refractivity (Wildman–Crippen MR) is 28.6 cm³/mol. The van der Waals surface area contributed by atoms with Crippen molar-refractivity contribution in [2.75, 3.05) is 6.61 Å². The fourth-order valence-corrected chi connectivity index (χ4v) is 0. The van der Waals surface area contributed by atoms with Crippen LogP contribution in [-0.4, -0.2) is 33.7 Å². The van der Waals surface area contributed by atoms with E-state index in [0.29, 0.717) is 0 Å². The molecule has 0 aliphatic rings. The van der Waals surface area contributed by atoms with Gasteiger partial charge in [-0.25, -0.2) is 0 Å². The number of aliphatic hydroxyl groups is 3. The van der Waals surface area contributed by atoms with Crippen LogP contribution >= 0.6 is 0 Å². The summed E-state index contributed by atoms with van der Waals surface area (Å²) in [4.78, 5) is 0. The molecular formula is C4H13NaO4. The zero-order valence-electron chi connectivity index (χ0n) is 6.07. The van der Waals surface area contributed by atoms with Gasteiger partial charge in [0.05, 0.1) is 0 Å². The summed E-state index contributed by atoms with van der Waals surface area (Å²) in [5.41, 5.74) is 0. The molecular weight excluding hydrogens is 135 g/mol. The SMILES string of the molecule is CC(O)O.CCO.[Na+].[OH-]. The van der Waals surface area contributed by atoms with Crippen molar-refractivity contribution < 1.29 is 50.4 Å². The van der Waals surface area contributed by atoms with Crippen LogP contribution in [0.4, 0.5) is 0 Å². The van der Waals surface area contributed by atoms with Gasteiger partial charge in [0, 0.05) is 6.61 Å². The summed E-state index contributed by atoms with van der Waals surface area (Å²) < 4.78 is 0. The van der Waals surface area contributed by atoms with E-state index in [2.05, 4.69) is 0 Å². The van der Waals surface area contributed by atoms with E-state index in [9.17, 15) is 0 Å². The van der Waals surface area contributed by atoms with Crippen LogP contribution in [-0.2, 0) is 0 Å². The molecule has 0 amide bonds. The first kappa shape index (κ1) is 22.5. The molecule has 4 nitrogen and oxygen atoms in total. The minimum absolute atomic E-state index is 0. The number of rotatable bonds is 0. The van der Waals surface area contributed by atoms with Crippen LogP contribution in [0.1, 0.15) is 13.8 Å². The van der Waals surface area contributed by atoms with E-state index in [1.54, 1.807) is 6.92 Å². The zero-order valence-corrected chi connectivity index (χ0v) is 8.07. The minimum atomic E-state index is -1.17. The van der Waals surface area contributed by atoms with Gasteiger partial charge in [0.15, 0.2) is 0 Å². The third-order valence-electron chi connectivity index (χ3n) is 0. The molecule has 0 saturated heterocycles. The quantitative estimate of drug-likeness (QED) is 0.242. The van der Waals surface area contributed by atoms with Crippen LogP contribution in [0, 0.1) is 0 Å². The average Bonchev–Trinajstić information content (AvgIpc) is 1.33. The van der Waals surface area contributed by atoms with Gasteiger partial charge in [-0.05, 0) is 13.8 Å². The maximum Gasteiger partial charge on any atom is 1.00 e. The smallest absolute Gasteiger partial charge is 0.870 e. The van der Waals surface area contributed by atoms with E-state index in [-0.39, 0.29) is 41.6 Å². The van der Waals surface area contributed by atoms with E-state index in [0.717, 1.165) is 0 Å². The van der Waals surface area contributed by atoms with Crippen LogP contribution in [0.15, 0.2) is 0 Å². The van der Waals surface area contributed by atoms with Gasteiger partial charge in [-0.2, -0.15) is 0 Å². The topological polar surface area (TPSA) is 90.7 Å². The van der Waals surface area contributed by atoms with Gasteiger partial charge in [-0.1, -0.05) is 0 Å². The van der Waals surface area contributed by atoms with Gasteiger partial charge < -0.3 is 20.8 Å². The van der Waals surface area contributed by atoms with Gasteiger partial charge in [0.25, 0.3) is 0 Å². The first-order valence-electron chi connectivity index (χ1n) is 2.12. The van der Waals surface area contributed by atoms with Crippen molar-refractivity contribution in [1.29, 1.82) is 0 Å². The Bertz CT molecular complexity index is 23.8. The Morgan fingerprint density at radius 2 is 1.33 bits per heavy atom. The molecule has 0 spiro atoms. The van der Waals surface area contributed by atoms with Crippen molar-refractivity contribution in [3.63, 3.8) is 0 Å². The van der Waals surface area contributed by atoms with Crippen LogP contribution in [0.25, 0.3) is 0 Å². The molecule has 4 N–H and O–H groups in total. The van der Waals surface area contributed by atoms with Crippen molar-refractivity contribution in [2.45, 2.75) is 20.1 Å². The van der Waals surface area contributed by atoms with E-state index < -0.39 is 6.29 Å². The molecule has 9 heavy (non-hydrogen) atoms. The molecule has 0 saturated carbocycles. The van der Waals surface area contributed by atoms with Crippen molar-refractivity contribution in [3.8, 4) is 0 Å². The Kier molecular flexibility index (Phi) is 58.1. The van der Waals surface area contributed by atoms with Gasteiger partial charge in [-0.15, -0.1) is 0 Å². The number of aliphatic hydroxyl groups excluding tert-OH is 2. The Hall–Kier alpha value is 0.840. The van der Waals surface area contributed by atoms with Crippen LogP contribution in [0.5, 0.6) is 0 Å². The molecule has 0 atom stereocenters. The maximum atomic E-state index is 7.61. The van der Waals surface area contributed by atoms with E-state index in [1.165, 1.54) is 6.92 Å². The summed E-state index contributed by atoms with van der Waals surface area (Å²) in [7, 11) is 0. The molecule has 0 heterocycles. The summed E-state index contributed by atoms with van der Waals surface area (Å²) in [5.74, 6) is 0. The Morgan fingerprint density at radius 1 is 1.33 bits per heavy atom. The molecule has 0 rings (SSSR count). The molecule has 5 heteroatoms. The molecule has 0 aromatic heterocycles. The van der Waals surface area contributed by atoms with Crippen LogP contribution in [0.3, 0.4) is 0 Å². The van der Waals surface area contributed by atoms with Gasteiger partial charge in [-0.3, -0.25) is 0 Å². The second-order valence-electron chi connectivity index (χ2n) is 0.948. The summed E-state index contributed by atoms with van der Waals surface area (Å²) in [6.45, 7) is 3.21. The normalized spacial score (nSPS) is 6.00. The Balaban J connectivity index is -0.0000000233. The molecule has 0 aliphatic heterocycles. The number of hydrogen-bond donors (Lipinski definition) is 3. The maximum absolute atomic E-state index is 7.61. The Morgan fingerprint density at radius 3 is 1.33 bits per heavy atom. The summed E-state index contributed by atoms with van der Waals surface area (Å²) in [5, 5.41) is 22.8. The fourth-order valence-electron chi connectivity index (χ4n) is 0. The van der Waals surface area contributed by atoms with Crippen molar-refractivity contribution in [1.82, 2.24) is 0 Å². The van der Waals surface area contributed by atoms with Crippen molar-refractivity contribution >= 4 is 0 Å². The fraction of sp³-hybridized carbons (Fsp3) is 1.00. The first-order valence-corrected chi connectivity index (χ1v) is 2.12. The number of hydrogen-bond acceptors (Lipinski definition) is 4. The molecule has 0 bridgehead atoms. The largest absolute Gasteiger partial charge is 1.00 e. The van der Waals surface area contributed by atoms with Crippen LogP contribution in [0.2, 0.25) is 0 Å². The zero-order chi connectivity index (χ0) is 6.28. The average molecular weight is 148 g/mol. The predicted octanol–water partition coefficient (Wildman–Crippen LogP) is -3.86. The van der Waals surface area contributed by atoms with Gasteiger partial charge in [0.2, 0.25) is 0 Å². The summed E-state index contributed by atoms with van der Waals surface area (Å²) >= 11 is 0. The van der Waals surface area contributed by atoms with Gasteiger partial charge >= 0.3 is 29.6 Å². The first-order chi connectivity index (χ1) is 3.15. The Labute approximate surface area is 77.1 Å². The molecule has 0 unspecified atom stereocenters. The third kappa shape index (κ3) is 586. The van der Waals surface area contributed by atoms with Gasteiger partial charge in [0.1, 0.15) is 6.29 Å². The molecule has 0 radical (unpaired) electrons. The molecule has 54 valence electrons. The second kappa shape index (κ2) is 23.2. The monoisotopic (exact) mass is 148 g/mol. The molecule has 0 fully saturated rings. The molecule has 0 aliphatic carbocycles. The summed E-state index contributed by atoms with van der Waals surface area (Å²) in [6.07, 6.45) is -1.17. The summed E-state index contributed by atoms with van der Waals surface area (Å²) in [6, 6.07) is 0. The van der Waals surface area contributed by atoms with E-state index in [1.807, 2.05) is 0 Å². The van der Waals surface area contributed by atoms with E-state index >= 15 is 0 Å². The third-order valence-corrected chi connectivity index (χ3v) is 0. The standard InChI is InChI=1S/C2H6O2.C2H6O.Na.H2O/c1-2(3)4;1-2-3;;/h2-4H,1H3;3H,2H2,1H3;;1H2/q;;+1;/p-1. The van der Waals surface area contributed by atoms with E-state index in [4.69, 9.17) is 15.3 Å². The van der Waals surface area contributed by atoms with Crippen molar-refractivity contribution in [3.05, 3.63) is 0 Å². The van der Waals surface area contributed by atoms with Crippen LogP contribution < -0.4 is 29.6 Å². The molecule has 0 aromatic rings. The molecule has 0 aromatic carbocycles. The second-order valence-corrected chi connectivity index (χ2v) is 0.948. The van der Waals surface area contributed by atoms with Crippen molar-refractivity contribution in [2.24, 2.45) is 0 Å².